The molecule has 3 nitrogen and oxygen atoms in total. The molecule has 0 amide bonds. The number of hydrogen-bond acceptors (Lipinski definition) is 4. The molecule has 2 rings (SSSR count). The van der Waals surface area contributed by atoms with Crippen LogP contribution in [0.1, 0.15) is 26.2 Å². The van der Waals surface area contributed by atoms with Crippen LogP contribution in [-0.2, 0) is 0 Å². The molecule has 0 spiro atoms. The molecule has 1 heterocycles. The third kappa shape index (κ3) is 3.52. The van der Waals surface area contributed by atoms with Gasteiger partial charge in [-0.05, 0) is 25.5 Å². The van der Waals surface area contributed by atoms with Crippen molar-refractivity contribution >= 4 is 29.2 Å². The maximum absolute atomic E-state index is 5.93. The number of nitrogens with zero attached hydrogens (tertiary/aromatic N) is 2. The van der Waals surface area contributed by atoms with Gasteiger partial charge in [-0.25, -0.2) is 9.97 Å². The number of anilines is 1. The zero-order valence-electron chi connectivity index (χ0n) is 9.53. The molecule has 88 valence electrons. The summed E-state index contributed by atoms with van der Waals surface area (Å²) in [5.41, 5.74) is 0. The molecule has 1 aliphatic rings. The Morgan fingerprint density at radius 3 is 2.94 bits per heavy atom. The van der Waals surface area contributed by atoms with E-state index >= 15 is 0 Å². The van der Waals surface area contributed by atoms with Crippen LogP contribution in [0.5, 0.6) is 0 Å². The topological polar surface area (TPSA) is 37.8 Å². The van der Waals surface area contributed by atoms with Crippen molar-refractivity contribution in [2.45, 2.75) is 37.4 Å². The Hall–Kier alpha value is -0.480. The fourth-order valence-electron chi connectivity index (χ4n) is 1.73. The predicted octanol–water partition coefficient (Wildman–Crippen LogP) is 3.45. The van der Waals surface area contributed by atoms with E-state index in [4.69, 9.17) is 11.6 Å². The van der Waals surface area contributed by atoms with Crippen molar-refractivity contribution < 1.29 is 0 Å². The van der Waals surface area contributed by atoms with Crippen molar-refractivity contribution in [2.24, 2.45) is 5.92 Å². The maximum Gasteiger partial charge on any atom is 0.190 e. The van der Waals surface area contributed by atoms with Crippen molar-refractivity contribution in [3.8, 4) is 0 Å². The lowest BCUT2D eigenvalue weighted by Gasteiger charge is -2.14. The Kier molecular flexibility index (Phi) is 3.92. The highest BCUT2D eigenvalue weighted by Gasteiger charge is 2.23. The van der Waals surface area contributed by atoms with E-state index in [1.54, 1.807) is 6.07 Å². The van der Waals surface area contributed by atoms with Gasteiger partial charge in [0.2, 0.25) is 0 Å². The number of rotatable bonds is 5. The summed E-state index contributed by atoms with van der Waals surface area (Å²) in [6, 6.07) is 2.23. The van der Waals surface area contributed by atoms with Crippen LogP contribution in [0, 0.1) is 5.92 Å². The molecule has 1 aliphatic carbocycles. The van der Waals surface area contributed by atoms with Crippen molar-refractivity contribution in [2.75, 3.05) is 11.6 Å². The van der Waals surface area contributed by atoms with E-state index in [2.05, 4.69) is 22.2 Å². The zero-order chi connectivity index (χ0) is 11.5. The van der Waals surface area contributed by atoms with Gasteiger partial charge in [0.25, 0.3) is 0 Å². The molecule has 0 aliphatic heterocycles. The summed E-state index contributed by atoms with van der Waals surface area (Å²) in [7, 11) is 0. The smallest absolute Gasteiger partial charge is 0.190 e. The molecule has 1 saturated carbocycles. The van der Waals surface area contributed by atoms with Crippen LogP contribution in [0.25, 0.3) is 0 Å². The first-order chi connectivity index (χ1) is 7.67. The Morgan fingerprint density at radius 2 is 2.31 bits per heavy atom. The number of thioether (sulfide) groups is 1. The number of nitrogens with one attached hydrogen (secondary N) is 1. The summed E-state index contributed by atoms with van der Waals surface area (Å²) in [5.74, 6) is 1.75. The molecular formula is C11H16ClN3S. The molecule has 1 aromatic rings. The third-order valence-corrected chi connectivity index (χ3v) is 3.38. The van der Waals surface area contributed by atoms with Crippen LogP contribution in [0.2, 0.25) is 5.15 Å². The van der Waals surface area contributed by atoms with Crippen LogP contribution in [0.4, 0.5) is 5.82 Å². The Labute approximate surface area is 105 Å². The van der Waals surface area contributed by atoms with Crippen LogP contribution in [0.3, 0.4) is 0 Å². The highest BCUT2D eigenvalue weighted by molar-refractivity contribution is 7.98. The van der Waals surface area contributed by atoms with Gasteiger partial charge in [-0.1, -0.05) is 36.2 Å². The van der Waals surface area contributed by atoms with Crippen LogP contribution in [-0.4, -0.2) is 22.3 Å². The first kappa shape index (κ1) is 12.0. The minimum Gasteiger partial charge on any atom is -0.367 e. The van der Waals surface area contributed by atoms with Gasteiger partial charge in [-0.3, -0.25) is 0 Å². The van der Waals surface area contributed by atoms with Gasteiger partial charge in [-0.2, -0.15) is 0 Å². The quantitative estimate of drug-likeness (QED) is 0.498. The number of halogens is 1. The van der Waals surface area contributed by atoms with Gasteiger partial charge in [0.05, 0.1) is 0 Å². The van der Waals surface area contributed by atoms with E-state index in [1.165, 1.54) is 31.0 Å². The molecule has 16 heavy (non-hydrogen) atoms. The van der Waals surface area contributed by atoms with Gasteiger partial charge in [0.1, 0.15) is 11.0 Å². The minimum absolute atomic E-state index is 0.452. The highest BCUT2D eigenvalue weighted by atomic mass is 35.5. The molecule has 1 N–H and O–H groups in total. The first-order valence-corrected chi connectivity index (χ1v) is 7.12. The lowest BCUT2D eigenvalue weighted by Crippen LogP contribution is -2.16. The lowest BCUT2D eigenvalue weighted by atomic mass is 10.1. The largest absolute Gasteiger partial charge is 0.367 e. The van der Waals surface area contributed by atoms with E-state index in [0.717, 1.165) is 11.7 Å². The SMILES string of the molecule is CSc1nc(Cl)cc(NC(C)CC2CC2)n1. The predicted molar refractivity (Wildman–Crippen MR) is 69.2 cm³/mol. The van der Waals surface area contributed by atoms with Crippen LogP contribution >= 0.6 is 23.4 Å². The molecule has 0 radical (unpaired) electrons. The number of hydrogen-bond donors (Lipinski definition) is 1. The molecular weight excluding hydrogens is 242 g/mol. The van der Waals surface area contributed by atoms with E-state index in [0.29, 0.717) is 16.4 Å². The van der Waals surface area contributed by atoms with Gasteiger partial charge in [-0.15, -0.1) is 0 Å². The Bertz CT molecular complexity index is 368. The average molecular weight is 258 g/mol. The third-order valence-electron chi connectivity index (χ3n) is 2.64. The Morgan fingerprint density at radius 1 is 1.56 bits per heavy atom. The summed E-state index contributed by atoms with van der Waals surface area (Å²) in [6.45, 7) is 2.19. The fraction of sp³-hybridized carbons (Fsp3) is 0.636. The molecule has 1 atom stereocenters. The minimum atomic E-state index is 0.452. The van der Waals surface area contributed by atoms with Gasteiger partial charge >= 0.3 is 0 Å². The van der Waals surface area contributed by atoms with Crippen molar-refractivity contribution in [3.63, 3.8) is 0 Å². The van der Waals surface area contributed by atoms with Gasteiger partial charge < -0.3 is 5.32 Å². The molecule has 0 saturated heterocycles. The normalized spacial score (nSPS) is 17.2. The van der Waals surface area contributed by atoms with E-state index in [-0.39, 0.29) is 0 Å². The standard InChI is InChI=1S/C11H16ClN3S/c1-7(5-8-3-4-8)13-10-6-9(12)14-11(15-10)16-2/h6-8H,3-5H2,1-2H3,(H,13,14,15). The maximum atomic E-state index is 5.93. The van der Waals surface area contributed by atoms with E-state index < -0.39 is 0 Å². The van der Waals surface area contributed by atoms with Gasteiger partial charge in [0.15, 0.2) is 5.16 Å². The second kappa shape index (κ2) is 5.23. The molecule has 5 heteroatoms. The molecule has 1 fully saturated rings. The van der Waals surface area contributed by atoms with E-state index in [1.807, 2.05) is 6.26 Å². The highest BCUT2D eigenvalue weighted by Crippen LogP contribution is 2.34. The first-order valence-electron chi connectivity index (χ1n) is 5.52. The summed E-state index contributed by atoms with van der Waals surface area (Å²) in [6.07, 6.45) is 5.93. The number of aromatic nitrogens is 2. The monoisotopic (exact) mass is 257 g/mol. The molecule has 0 bridgehead atoms. The van der Waals surface area contributed by atoms with Gasteiger partial charge in [0, 0.05) is 12.1 Å². The summed E-state index contributed by atoms with van der Waals surface area (Å²) < 4.78 is 0. The average Bonchev–Trinajstić information content (AvgIpc) is 3.00. The zero-order valence-corrected chi connectivity index (χ0v) is 11.1. The summed E-state index contributed by atoms with van der Waals surface area (Å²) in [4.78, 5) is 8.49. The summed E-state index contributed by atoms with van der Waals surface area (Å²) >= 11 is 7.43. The van der Waals surface area contributed by atoms with Crippen molar-refractivity contribution in [1.82, 2.24) is 9.97 Å². The van der Waals surface area contributed by atoms with Crippen molar-refractivity contribution in [1.29, 1.82) is 0 Å². The van der Waals surface area contributed by atoms with Crippen molar-refractivity contribution in [3.05, 3.63) is 11.2 Å². The molecule has 1 aromatic heterocycles. The molecule has 1 unspecified atom stereocenters. The molecule has 0 aromatic carbocycles. The second-order valence-electron chi connectivity index (χ2n) is 4.29. The fourth-order valence-corrected chi connectivity index (χ4v) is 2.34. The Balaban J connectivity index is 1.98. The second-order valence-corrected chi connectivity index (χ2v) is 5.45. The van der Waals surface area contributed by atoms with E-state index in [9.17, 15) is 0 Å². The summed E-state index contributed by atoms with van der Waals surface area (Å²) in [5, 5.41) is 4.60. The lowest BCUT2D eigenvalue weighted by molar-refractivity contribution is 0.639. The van der Waals surface area contributed by atoms with Crippen LogP contribution in [0.15, 0.2) is 11.2 Å². The van der Waals surface area contributed by atoms with Crippen LogP contribution < -0.4 is 5.32 Å².